The maximum absolute atomic E-state index is 11.8. The molecule has 2 unspecified atom stereocenters. The standard InChI is InChI=1S/C13H23NO3S/c1-9(2)13(3,12(16)17)6-11(15)14-7-10-4-5-18-8-10/h9-10H,4-8H2,1-3H3,(H,14,15)(H,16,17). The Labute approximate surface area is 113 Å². The van der Waals surface area contributed by atoms with Crippen molar-refractivity contribution >= 4 is 23.6 Å². The number of nitrogens with one attached hydrogen (secondary N) is 1. The second kappa shape index (κ2) is 6.45. The van der Waals surface area contributed by atoms with E-state index in [1.54, 1.807) is 6.92 Å². The summed E-state index contributed by atoms with van der Waals surface area (Å²) in [5.41, 5.74) is -0.978. The molecular formula is C13H23NO3S. The van der Waals surface area contributed by atoms with Crippen LogP contribution in [0.4, 0.5) is 0 Å². The van der Waals surface area contributed by atoms with Crippen LogP contribution in [0.3, 0.4) is 0 Å². The van der Waals surface area contributed by atoms with E-state index in [1.165, 1.54) is 5.75 Å². The molecule has 1 rings (SSSR count). The fourth-order valence-electron chi connectivity index (χ4n) is 1.93. The third-order valence-corrected chi connectivity index (χ3v) is 5.13. The van der Waals surface area contributed by atoms with Gasteiger partial charge in [0.05, 0.1) is 5.41 Å². The highest BCUT2D eigenvalue weighted by Crippen LogP contribution is 2.31. The molecule has 0 aromatic carbocycles. The van der Waals surface area contributed by atoms with Crippen molar-refractivity contribution in [3.05, 3.63) is 0 Å². The molecule has 0 saturated carbocycles. The van der Waals surface area contributed by atoms with Gasteiger partial charge in [0.25, 0.3) is 0 Å². The van der Waals surface area contributed by atoms with Crippen LogP contribution in [-0.4, -0.2) is 35.0 Å². The first kappa shape index (κ1) is 15.3. The predicted molar refractivity (Wildman–Crippen MR) is 73.6 cm³/mol. The Hall–Kier alpha value is -0.710. The number of carboxylic acids is 1. The molecule has 18 heavy (non-hydrogen) atoms. The van der Waals surface area contributed by atoms with Gasteiger partial charge in [-0.05, 0) is 36.7 Å². The Morgan fingerprint density at radius 2 is 2.17 bits per heavy atom. The summed E-state index contributed by atoms with van der Waals surface area (Å²) >= 11 is 1.91. The summed E-state index contributed by atoms with van der Waals surface area (Å²) in [6.07, 6.45) is 1.20. The van der Waals surface area contributed by atoms with E-state index < -0.39 is 11.4 Å². The number of hydrogen-bond acceptors (Lipinski definition) is 3. The molecule has 1 amide bonds. The van der Waals surface area contributed by atoms with Gasteiger partial charge in [-0.1, -0.05) is 13.8 Å². The van der Waals surface area contributed by atoms with Crippen molar-refractivity contribution in [3.63, 3.8) is 0 Å². The van der Waals surface area contributed by atoms with Crippen molar-refractivity contribution in [1.82, 2.24) is 5.32 Å². The largest absolute Gasteiger partial charge is 0.481 e. The fraction of sp³-hybridized carbons (Fsp3) is 0.846. The number of aliphatic carboxylic acids is 1. The Morgan fingerprint density at radius 3 is 2.61 bits per heavy atom. The topological polar surface area (TPSA) is 66.4 Å². The Morgan fingerprint density at radius 1 is 1.50 bits per heavy atom. The number of thioether (sulfide) groups is 1. The van der Waals surface area contributed by atoms with Crippen molar-refractivity contribution in [2.45, 2.75) is 33.6 Å². The third-order valence-electron chi connectivity index (χ3n) is 3.90. The van der Waals surface area contributed by atoms with Crippen LogP contribution in [0.15, 0.2) is 0 Å². The summed E-state index contributed by atoms with van der Waals surface area (Å²) in [7, 11) is 0. The highest BCUT2D eigenvalue weighted by molar-refractivity contribution is 7.99. The van der Waals surface area contributed by atoms with Crippen molar-refractivity contribution in [1.29, 1.82) is 0 Å². The monoisotopic (exact) mass is 273 g/mol. The number of rotatable bonds is 6. The maximum atomic E-state index is 11.8. The van der Waals surface area contributed by atoms with Gasteiger partial charge in [0, 0.05) is 13.0 Å². The second-order valence-corrected chi connectivity index (χ2v) is 6.74. The van der Waals surface area contributed by atoms with Crippen molar-refractivity contribution in [2.75, 3.05) is 18.1 Å². The molecule has 2 N–H and O–H groups in total. The number of amides is 1. The van der Waals surface area contributed by atoms with Gasteiger partial charge >= 0.3 is 5.97 Å². The zero-order valence-electron chi connectivity index (χ0n) is 11.4. The zero-order valence-corrected chi connectivity index (χ0v) is 12.2. The lowest BCUT2D eigenvalue weighted by Crippen LogP contribution is -2.40. The highest BCUT2D eigenvalue weighted by atomic mass is 32.2. The first-order chi connectivity index (χ1) is 8.36. The molecule has 104 valence electrons. The van der Waals surface area contributed by atoms with Gasteiger partial charge in [-0.3, -0.25) is 9.59 Å². The molecule has 0 aromatic heterocycles. The van der Waals surface area contributed by atoms with E-state index >= 15 is 0 Å². The summed E-state index contributed by atoms with van der Waals surface area (Å²) in [6.45, 7) is 6.01. The van der Waals surface area contributed by atoms with Gasteiger partial charge < -0.3 is 10.4 Å². The molecule has 1 heterocycles. The van der Waals surface area contributed by atoms with Crippen molar-refractivity contribution in [3.8, 4) is 0 Å². The third kappa shape index (κ3) is 3.90. The molecule has 4 nitrogen and oxygen atoms in total. The molecule has 1 fully saturated rings. The van der Waals surface area contributed by atoms with E-state index in [4.69, 9.17) is 0 Å². The number of hydrogen-bond donors (Lipinski definition) is 2. The van der Waals surface area contributed by atoms with E-state index in [-0.39, 0.29) is 18.2 Å². The first-order valence-electron chi connectivity index (χ1n) is 6.44. The lowest BCUT2D eigenvalue weighted by Gasteiger charge is -2.28. The minimum Gasteiger partial charge on any atom is -0.481 e. The SMILES string of the molecule is CC(C)C(C)(CC(=O)NCC1CCSC1)C(=O)O. The molecular weight excluding hydrogens is 250 g/mol. The highest BCUT2D eigenvalue weighted by Gasteiger charge is 2.38. The van der Waals surface area contributed by atoms with Gasteiger partial charge in [-0.15, -0.1) is 0 Å². The molecule has 0 aromatic rings. The van der Waals surface area contributed by atoms with Gasteiger partial charge in [0.1, 0.15) is 0 Å². The number of carboxylic acid groups (broad SMARTS) is 1. The van der Waals surface area contributed by atoms with Crippen LogP contribution in [0.2, 0.25) is 0 Å². The zero-order chi connectivity index (χ0) is 13.8. The smallest absolute Gasteiger partial charge is 0.310 e. The Balaban J connectivity index is 2.44. The average molecular weight is 273 g/mol. The first-order valence-corrected chi connectivity index (χ1v) is 7.59. The van der Waals surface area contributed by atoms with E-state index in [1.807, 2.05) is 25.6 Å². The fourth-order valence-corrected chi connectivity index (χ4v) is 3.21. The van der Waals surface area contributed by atoms with Crippen molar-refractivity contribution in [2.24, 2.45) is 17.3 Å². The maximum Gasteiger partial charge on any atom is 0.310 e. The lowest BCUT2D eigenvalue weighted by molar-refractivity contribution is -0.153. The predicted octanol–water partition coefficient (Wildman–Crippen LogP) is 1.99. The van der Waals surface area contributed by atoms with E-state index in [0.717, 1.165) is 12.2 Å². The molecule has 0 radical (unpaired) electrons. The summed E-state index contributed by atoms with van der Waals surface area (Å²) in [5, 5.41) is 12.1. The normalized spacial score (nSPS) is 22.8. The van der Waals surface area contributed by atoms with Crippen LogP contribution in [0.5, 0.6) is 0 Å². The summed E-state index contributed by atoms with van der Waals surface area (Å²) in [4.78, 5) is 23.1. The quantitative estimate of drug-likeness (QED) is 0.776. The summed E-state index contributed by atoms with van der Waals surface area (Å²) in [6, 6.07) is 0. The van der Waals surface area contributed by atoms with Crippen LogP contribution in [0.1, 0.15) is 33.6 Å². The Kier molecular flexibility index (Phi) is 5.50. The van der Waals surface area contributed by atoms with Gasteiger partial charge in [-0.25, -0.2) is 0 Å². The number of carbonyl (C=O) groups is 2. The van der Waals surface area contributed by atoms with Gasteiger partial charge in [0.2, 0.25) is 5.91 Å². The molecule has 1 aliphatic rings. The molecule has 1 aliphatic heterocycles. The number of carbonyl (C=O) groups excluding carboxylic acids is 1. The van der Waals surface area contributed by atoms with Crippen LogP contribution in [-0.2, 0) is 9.59 Å². The molecule has 0 aliphatic carbocycles. The molecule has 0 bridgehead atoms. The summed E-state index contributed by atoms with van der Waals surface area (Å²) in [5.74, 6) is 1.70. The van der Waals surface area contributed by atoms with Crippen molar-refractivity contribution < 1.29 is 14.7 Å². The van der Waals surface area contributed by atoms with E-state index in [2.05, 4.69) is 5.32 Å². The van der Waals surface area contributed by atoms with Crippen LogP contribution >= 0.6 is 11.8 Å². The Bertz CT molecular complexity index is 313. The van der Waals surface area contributed by atoms with Crippen LogP contribution < -0.4 is 5.32 Å². The minimum absolute atomic E-state index is 0.0554. The minimum atomic E-state index is -0.978. The van der Waals surface area contributed by atoms with Crippen LogP contribution in [0.25, 0.3) is 0 Å². The van der Waals surface area contributed by atoms with Gasteiger partial charge in [0.15, 0.2) is 0 Å². The molecule has 0 spiro atoms. The average Bonchev–Trinajstić information content (AvgIpc) is 2.78. The molecule has 1 saturated heterocycles. The molecule has 5 heteroatoms. The summed E-state index contributed by atoms with van der Waals surface area (Å²) < 4.78 is 0. The molecule has 2 atom stereocenters. The van der Waals surface area contributed by atoms with Crippen LogP contribution in [0, 0.1) is 17.3 Å². The van der Waals surface area contributed by atoms with E-state index in [0.29, 0.717) is 12.5 Å². The van der Waals surface area contributed by atoms with E-state index in [9.17, 15) is 14.7 Å². The lowest BCUT2D eigenvalue weighted by atomic mass is 9.76. The van der Waals surface area contributed by atoms with Gasteiger partial charge in [-0.2, -0.15) is 11.8 Å². The second-order valence-electron chi connectivity index (χ2n) is 5.59.